The highest BCUT2D eigenvalue weighted by Crippen LogP contribution is 2.37. The molecule has 0 aliphatic carbocycles. The molecule has 0 spiro atoms. The summed E-state index contributed by atoms with van der Waals surface area (Å²) in [5, 5.41) is 3.10. The van der Waals surface area contributed by atoms with E-state index in [0.717, 1.165) is 5.56 Å². The van der Waals surface area contributed by atoms with Gasteiger partial charge in [0.25, 0.3) is 0 Å². The van der Waals surface area contributed by atoms with Crippen LogP contribution in [0.3, 0.4) is 0 Å². The predicted molar refractivity (Wildman–Crippen MR) is 63.3 cm³/mol. The minimum atomic E-state index is -0.504. The summed E-state index contributed by atoms with van der Waals surface area (Å²) < 4.78 is 13.6. The standard InChI is InChI=1S/C11H15FN4/c1-6-4-5-7(12)9-8(6)14-10(16-13)11(2,3)15-9/h4-5,15H,13H2,1-3H3,(H,14,16). The van der Waals surface area contributed by atoms with Crippen LogP contribution >= 0.6 is 0 Å². The lowest BCUT2D eigenvalue weighted by molar-refractivity contribution is 0.617. The summed E-state index contributed by atoms with van der Waals surface area (Å²) in [7, 11) is 0. The van der Waals surface area contributed by atoms with Crippen molar-refractivity contribution in [2.45, 2.75) is 26.3 Å². The minimum Gasteiger partial charge on any atom is -0.369 e. The zero-order chi connectivity index (χ0) is 11.9. The minimum absolute atomic E-state index is 0.298. The first-order valence-corrected chi connectivity index (χ1v) is 5.09. The molecule has 86 valence electrons. The van der Waals surface area contributed by atoms with Gasteiger partial charge in [-0.25, -0.2) is 15.2 Å². The third-order valence-corrected chi connectivity index (χ3v) is 2.72. The fourth-order valence-electron chi connectivity index (χ4n) is 1.77. The van der Waals surface area contributed by atoms with E-state index in [2.05, 4.69) is 15.7 Å². The number of fused-ring (bicyclic) bond motifs is 1. The number of anilines is 1. The van der Waals surface area contributed by atoms with Gasteiger partial charge in [-0.2, -0.15) is 0 Å². The molecule has 1 heterocycles. The molecule has 1 aromatic carbocycles. The van der Waals surface area contributed by atoms with Crippen molar-refractivity contribution in [3.8, 4) is 0 Å². The summed E-state index contributed by atoms with van der Waals surface area (Å²) >= 11 is 0. The molecule has 1 aliphatic heterocycles. The van der Waals surface area contributed by atoms with Crippen LogP contribution in [-0.2, 0) is 0 Å². The van der Waals surface area contributed by atoms with Crippen LogP contribution in [0.2, 0.25) is 0 Å². The van der Waals surface area contributed by atoms with Crippen LogP contribution in [0.1, 0.15) is 19.4 Å². The highest BCUT2D eigenvalue weighted by molar-refractivity contribution is 5.99. The van der Waals surface area contributed by atoms with E-state index in [4.69, 9.17) is 5.84 Å². The Balaban J connectivity index is 2.64. The second-order valence-corrected chi connectivity index (χ2v) is 4.44. The quantitative estimate of drug-likeness (QED) is 0.463. The summed E-state index contributed by atoms with van der Waals surface area (Å²) in [6.07, 6.45) is 0. The molecule has 0 unspecified atom stereocenters. The Morgan fingerprint density at radius 2 is 2.12 bits per heavy atom. The van der Waals surface area contributed by atoms with Crippen molar-refractivity contribution in [3.05, 3.63) is 23.5 Å². The molecule has 1 aromatic rings. The second kappa shape index (κ2) is 3.45. The Hall–Kier alpha value is -1.62. The number of benzene rings is 1. The van der Waals surface area contributed by atoms with Crippen molar-refractivity contribution in [1.82, 2.24) is 5.43 Å². The summed E-state index contributed by atoms with van der Waals surface area (Å²) in [6, 6.07) is 3.14. The van der Waals surface area contributed by atoms with Crippen LogP contribution in [0.4, 0.5) is 15.8 Å². The van der Waals surface area contributed by atoms with E-state index in [1.165, 1.54) is 6.07 Å². The summed E-state index contributed by atoms with van der Waals surface area (Å²) in [5.74, 6) is 5.70. The molecule has 0 aromatic heterocycles. The van der Waals surface area contributed by atoms with Gasteiger partial charge in [0, 0.05) is 0 Å². The van der Waals surface area contributed by atoms with Gasteiger partial charge in [-0.05, 0) is 32.4 Å². The van der Waals surface area contributed by atoms with E-state index < -0.39 is 5.54 Å². The number of rotatable bonds is 0. The molecule has 5 heteroatoms. The van der Waals surface area contributed by atoms with E-state index >= 15 is 0 Å². The molecule has 4 nitrogen and oxygen atoms in total. The summed E-state index contributed by atoms with van der Waals surface area (Å²) in [6.45, 7) is 5.66. The number of hydrogen-bond donors (Lipinski definition) is 3. The first-order chi connectivity index (χ1) is 7.45. The van der Waals surface area contributed by atoms with Gasteiger partial charge in [-0.1, -0.05) is 6.07 Å². The molecule has 0 bridgehead atoms. The van der Waals surface area contributed by atoms with Crippen LogP contribution in [0.15, 0.2) is 17.1 Å². The lowest BCUT2D eigenvalue weighted by Gasteiger charge is -2.33. The van der Waals surface area contributed by atoms with Gasteiger partial charge in [0.2, 0.25) is 0 Å². The molecular formula is C11H15FN4. The first-order valence-electron chi connectivity index (χ1n) is 5.09. The molecular weight excluding hydrogens is 207 g/mol. The monoisotopic (exact) mass is 222 g/mol. The van der Waals surface area contributed by atoms with Crippen molar-refractivity contribution in [1.29, 1.82) is 0 Å². The van der Waals surface area contributed by atoms with Crippen LogP contribution in [0, 0.1) is 12.7 Å². The number of nitrogens with one attached hydrogen (secondary N) is 2. The highest BCUT2D eigenvalue weighted by atomic mass is 19.1. The molecule has 1 aliphatic rings. The SMILES string of the molecule is Cc1ccc(F)c2c1N=C(NN)C(C)(C)N2. The average molecular weight is 222 g/mol. The maximum absolute atomic E-state index is 13.6. The van der Waals surface area contributed by atoms with Crippen molar-refractivity contribution < 1.29 is 4.39 Å². The van der Waals surface area contributed by atoms with Gasteiger partial charge in [-0.15, -0.1) is 0 Å². The second-order valence-electron chi connectivity index (χ2n) is 4.44. The highest BCUT2D eigenvalue weighted by Gasteiger charge is 2.31. The maximum atomic E-state index is 13.6. The number of aliphatic imine (C=N–C) groups is 1. The number of nitrogens with two attached hydrogens (primary N) is 1. The normalized spacial score (nSPS) is 17.2. The zero-order valence-electron chi connectivity index (χ0n) is 9.56. The molecule has 0 amide bonds. The van der Waals surface area contributed by atoms with E-state index in [-0.39, 0.29) is 5.82 Å². The van der Waals surface area contributed by atoms with Crippen molar-refractivity contribution in [3.63, 3.8) is 0 Å². The van der Waals surface area contributed by atoms with Crippen LogP contribution in [-0.4, -0.2) is 11.4 Å². The van der Waals surface area contributed by atoms with E-state index in [1.54, 1.807) is 6.07 Å². The Labute approximate surface area is 93.7 Å². The number of nitrogens with zero attached hydrogens (tertiary/aromatic N) is 1. The van der Waals surface area contributed by atoms with E-state index in [0.29, 0.717) is 17.2 Å². The average Bonchev–Trinajstić information content (AvgIpc) is 2.22. The van der Waals surface area contributed by atoms with E-state index in [9.17, 15) is 4.39 Å². The number of amidine groups is 1. The lowest BCUT2D eigenvalue weighted by atomic mass is 9.99. The number of aryl methyl sites for hydroxylation is 1. The molecule has 16 heavy (non-hydrogen) atoms. The molecule has 4 N–H and O–H groups in total. The Bertz CT molecular complexity index is 465. The van der Waals surface area contributed by atoms with Crippen LogP contribution in [0.5, 0.6) is 0 Å². The third-order valence-electron chi connectivity index (χ3n) is 2.72. The third kappa shape index (κ3) is 1.53. The molecule has 2 rings (SSSR count). The lowest BCUT2D eigenvalue weighted by Crippen LogP contribution is -2.52. The Morgan fingerprint density at radius 3 is 2.75 bits per heavy atom. The largest absolute Gasteiger partial charge is 0.369 e. The van der Waals surface area contributed by atoms with Crippen LogP contribution in [0.25, 0.3) is 0 Å². The first kappa shape index (κ1) is 10.9. The Kier molecular flexibility index (Phi) is 2.35. The Morgan fingerprint density at radius 1 is 1.44 bits per heavy atom. The smallest absolute Gasteiger partial charge is 0.148 e. The number of hydrazine groups is 1. The number of halogens is 1. The molecule has 0 saturated carbocycles. The van der Waals surface area contributed by atoms with Crippen molar-refractivity contribution in [2.75, 3.05) is 5.32 Å². The van der Waals surface area contributed by atoms with Crippen LogP contribution < -0.4 is 16.6 Å². The topological polar surface area (TPSA) is 62.4 Å². The summed E-state index contributed by atoms with van der Waals surface area (Å²) in [4.78, 5) is 4.36. The zero-order valence-corrected chi connectivity index (χ0v) is 9.56. The molecule has 0 radical (unpaired) electrons. The van der Waals surface area contributed by atoms with Gasteiger partial charge in [0.05, 0.1) is 16.9 Å². The maximum Gasteiger partial charge on any atom is 0.148 e. The van der Waals surface area contributed by atoms with Crippen molar-refractivity contribution >= 4 is 17.2 Å². The molecule has 0 atom stereocenters. The summed E-state index contributed by atoms with van der Waals surface area (Å²) in [5.41, 5.74) is 3.99. The van der Waals surface area contributed by atoms with Gasteiger partial charge in [0.15, 0.2) is 0 Å². The predicted octanol–water partition coefficient (Wildman–Crippen LogP) is 1.83. The van der Waals surface area contributed by atoms with Gasteiger partial charge >= 0.3 is 0 Å². The number of hydrogen-bond acceptors (Lipinski definition) is 4. The van der Waals surface area contributed by atoms with Gasteiger partial charge in [0.1, 0.15) is 11.7 Å². The fraction of sp³-hybridized carbons (Fsp3) is 0.364. The molecule has 0 saturated heterocycles. The fourth-order valence-corrected chi connectivity index (χ4v) is 1.77. The van der Waals surface area contributed by atoms with Gasteiger partial charge in [-0.3, -0.25) is 0 Å². The van der Waals surface area contributed by atoms with E-state index in [1.807, 2.05) is 20.8 Å². The van der Waals surface area contributed by atoms with Gasteiger partial charge < -0.3 is 10.7 Å². The van der Waals surface area contributed by atoms with Crippen molar-refractivity contribution in [2.24, 2.45) is 10.8 Å². The molecule has 0 fully saturated rings.